The summed E-state index contributed by atoms with van der Waals surface area (Å²) in [6, 6.07) is 10.7. The van der Waals surface area contributed by atoms with E-state index < -0.39 is 0 Å². The van der Waals surface area contributed by atoms with Crippen LogP contribution in [-0.2, 0) is 24.2 Å². The van der Waals surface area contributed by atoms with E-state index in [2.05, 4.69) is 42.6 Å². The van der Waals surface area contributed by atoms with E-state index in [4.69, 9.17) is 0 Å². The van der Waals surface area contributed by atoms with Crippen molar-refractivity contribution >= 4 is 22.2 Å². The van der Waals surface area contributed by atoms with E-state index in [0.29, 0.717) is 12.1 Å². The largest absolute Gasteiger partial charge is 0.326 e. The SMILES string of the molecule is Cc1ccc(C[NH+](C)CC(=O)Nc2sc3c(c2C#N)CCC3)cc1. The number of nitrogens with one attached hydrogen (secondary N) is 2. The van der Waals surface area contributed by atoms with E-state index in [9.17, 15) is 10.1 Å². The first kappa shape index (κ1) is 16.7. The van der Waals surface area contributed by atoms with Crippen LogP contribution in [0.1, 0.15) is 33.6 Å². The topological polar surface area (TPSA) is 57.3 Å². The fraction of sp³-hybridized carbons (Fsp3) is 0.368. The quantitative estimate of drug-likeness (QED) is 0.875. The van der Waals surface area contributed by atoms with Crippen molar-refractivity contribution in [3.8, 4) is 6.07 Å². The molecule has 124 valence electrons. The van der Waals surface area contributed by atoms with E-state index in [1.165, 1.54) is 16.0 Å². The molecule has 1 aliphatic rings. The molecule has 0 radical (unpaired) electrons. The average Bonchev–Trinajstić information content (AvgIpc) is 3.09. The number of anilines is 1. The first-order valence-electron chi connectivity index (χ1n) is 8.28. The van der Waals surface area contributed by atoms with Gasteiger partial charge in [-0.2, -0.15) is 5.26 Å². The Morgan fingerprint density at radius 1 is 1.33 bits per heavy atom. The van der Waals surface area contributed by atoms with Gasteiger partial charge in [-0.05, 0) is 31.7 Å². The van der Waals surface area contributed by atoms with Crippen molar-refractivity contribution in [2.75, 3.05) is 18.9 Å². The van der Waals surface area contributed by atoms with Crippen molar-refractivity contribution in [3.05, 3.63) is 51.4 Å². The number of hydrogen-bond donors (Lipinski definition) is 2. The van der Waals surface area contributed by atoms with Crippen LogP contribution in [0.15, 0.2) is 24.3 Å². The van der Waals surface area contributed by atoms with Crippen LogP contribution in [0.4, 0.5) is 5.00 Å². The minimum absolute atomic E-state index is 0.0314. The van der Waals surface area contributed by atoms with Gasteiger partial charge in [0.15, 0.2) is 6.54 Å². The number of aryl methyl sites for hydroxylation is 2. The third kappa shape index (κ3) is 3.66. The lowest BCUT2D eigenvalue weighted by Gasteiger charge is -2.14. The zero-order valence-corrected chi connectivity index (χ0v) is 14.9. The highest BCUT2D eigenvalue weighted by atomic mass is 32.1. The van der Waals surface area contributed by atoms with Crippen molar-refractivity contribution in [3.63, 3.8) is 0 Å². The summed E-state index contributed by atoms with van der Waals surface area (Å²) < 4.78 is 0. The van der Waals surface area contributed by atoms with Crippen LogP contribution in [0.3, 0.4) is 0 Å². The number of thiophene rings is 1. The van der Waals surface area contributed by atoms with Crippen LogP contribution in [0.5, 0.6) is 0 Å². The summed E-state index contributed by atoms with van der Waals surface area (Å²) in [6.07, 6.45) is 3.11. The Morgan fingerprint density at radius 3 is 2.79 bits per heavy atom. The zero-order valence-electron chi connectivity index (χ0n) is 14.1. The molecule has 1 aromatic carbocycles. The van der Waals surface area contributed by atoms with Gasteiger partial charge in [-0.3, -0.25) is 4.79 Å². The fourth-order valence-electron chi connectivity index (χ4n) is 3.17. The molecule has 0 saturated carbocycles. The zero-order chi connectivity index (χ0) is 17.1. The van der Waals surface area contributed by atoms with Gasteiger partial charge in [0.2, 0.25) is 0 Å². The van der Waals surface area contributed by atoms with Crippen LogP contribution in [-0.4, -0.2) is 19.5 Å². The van der Waals surface area contributed by atoms with E-state index >= 15 is 0 Å². The summed E-state index contributed by atoms with van der Waals surface area (Å²) in [5, 5.41) is 13.1. The number of amides is 1. The molecule has 1 amide bonds. The summed E-state index contributed by atoms with van der Waals surface area (Å²) in [7, 11) is 2.01. The molecule has 1 aliphatic carbocycles. The van der Waals surface area contributed by atoms with Gasteiger partial charge < -0.3 is 10.2 Å². The molecule has 3 rings (SSSR count). The summed E-state index contributed by atoms with van der Waals surface area (Å²) in [6.45, 7) is 3.26. The number of likely N-dealkylation sites (N-methyl/N-ethyl adjacent to an activating group) is 1. The Hall–Kier alpha value is -2.16. The number of hydrogen-bond acceptors (Lipinski definition) is 3. The van der Waals surface area contributed by atoms with Gasteiger partial charge in [0.05, 0.1) is 12.6 Å². The lowest BCUT2D eigenvalue weighted by atomic mass is 10.1. The van der Waals surface area contributed by atoms with Crippen molar-refractivity contribution in [2.45, 2.75) is 32.7 Å². The molecular weight excluding hydrogens is 318 g/mol. The smallest absolute Gasteiger partial charge is 0.280 e. The number of nitrogens with zero attached hydrogens (tertiary/aromatic N) is 1. The van der Waals surface area contributed by atoms with E-state index in [0.717, 1.165) is 41.3 Å². The highest BCUT2D eigenvalue weighted by Crippen LogP contribution is 2.38. The molecule has 5 heteroatoms. The number of fused-ring (bicyclic) bond motifs is 1. The number of nitriles is 1. The summed E-state index contributed by atoms with van der Waals surface area (Å²) >= 11 is 1.57. The number of rotatable bonds is 5. The number of carbonyl (C=O) groups excluding carboxylic acids is 1. The second kappa shape index (κ2) is 7.16. The maximum Gasteiger partial charge on any atom is 0.280 e. The molecule has 4 nitrogen and oxygen atoms in total. The second-order valence-corrected chi connectivity index (χ2v) is 7.62. The van der Waals surface area contributed by atoms with Crippen molar-refractivity contribution in [1.82, 2.24) is 0 Å². The summed E-state index contributed by atoms with van der Waals surface area (Å²) in [5.41, 5.74) is 4.29. The molecule has 1 unspecified atom stereocenters. The molecule has 1 aromatic heterocycles. The van der Waals surface area contributed by atoms with Crippen LogP contribution in [0.2, 0.25) is 0 Å². The number of benzene rings is 1. The van der Waals surface area contributed by atoms with Gasteiger partial charge in [0.1, 0.15) is 17.6 Å². The first-order valence-corrected chi connectivity index (χ1v) is 9.10. The lowest BCUT2D eigenvalue weighted by Crippen LogP contribution is -3.08. The van der Waals surface area contributed by atoms with Gasteiger partial charge in [-0.15, -0.1) is 11.3 Å². The van der Waals surface area contributed by atoms with Crippen LogP contribution >= 0.6 is 11.3 Å². The molecule has 1 atom stereocenters. The average molecular weight is 340 g/mol. The van der Waals surface area contributed by atoms with Gasteiger partial charge in [-0.25, -0.2) is 0 Å². The Balaban J connectivity index is 1.60. The molecule has 2 aromatic rings. The predicted molar refractivity (Wildman–Crippen MR) is 96.3 cm³/mol. The van der Waals surface area contributed by atoms with Crippen molar-refractivity contribution in [2.24, 2.45) is 0 Å². The van der Waals surface area contributed by atoms with Gasteiger partial charge in [0, 0.05) is 10.4 Å². The normalized spacial score (nSPS) is 14.0. The summed E-state index contributed by atoms with van der Waals surface area (Å²) in [5.74, 6) is -0.0314. The maximum absolute atomic E-state index is 12.3. The predicted octanol–water partition coefficient (Wildman–Crippen LogP) is 2.07. The minimum Gasteiger partial charge on any atom is -0.326 e. The number of quaternary nitrogens is 1. The minimum atomic E-state index is -0.0314. The third-order valence-electron chi connectivity index (χ3n) is 4.37. The van der Waals surface area contributed by atoms with Gasteiger partial charge in [-0.1, -0.05) is 29.8 Å². The molecule has 0 fully saturated rings. The molecule has 0 spiro atoms. The fourth-order valence-corrected chi connectivity index (χ4v) is 4.43. The first-order chi connectivity index (χ1) is 11.6. The summed E-state index contributed by atoms with van der Waals surface area (Å²) in [4.78, 5) is 14.7. The van der Waals surface area contributed by atoms with E-state index in [-0.39, 0.29) is 5.91 Å². The maximum atomic E-state index is 12.3. The molecule has 1 heterocycles. The second-order valence-electron chi connectivity index (χ2n) is 6.52. The van der Waals surface area contributed by atoms with Crippen molar-refractivity contribution in [1.29, 1.82) is 5.26 Å². The Labute approximate surface area is 146 Å². The Kier molecular flexibility index (Phi) is 4.98. The van der Waals surface area contributed by atoms with Crippen LogP contribution in [0.25, 0.3) is 0 Å². The molecule has 0 aliphatic heterocycles. The van der Waals surface area contributed by atoms with E-state index in [1.54, 1.807) is 11.3 Å². The molecule has 0 saturated heterocycles. The molecular formula is C19H22N3OS+. The third-order valence-corrected chi connectivity index (χ3v) is 5.58. The van der Waals surface area contributed by atoms with Gasteiger partial charge >= 0.3 is 0 Å². The molecule has 24 heavy (non-hydrogen) atoms. The standard InChI is InChI=1S/C19H21N3OS/c1-13-6-8-14(9-7-13)11-22(2)12-18(23)21-19-16(10-20)15-4-3-5-17(15)24-19/h6-9H,3-5,11-12H2,1-2H3,(H,21,23)/p+1. The monoisotopic (exact) mass is 340 g/mol. The Morgan fingerprint density at radius 2 is 2.08 bits per heavy atom. The van der Waals surface area contributed by atoms with Gasteiger partial charge in [0.25, 0.3) is 5.91 Å². The van der Waals surface area contributed by atoms with Crippen LogP contribution in [0, 0.1) is 18.3 Å². The molecule has 2 N–H and O–H groups in total. The molecule has 0 bridgehead atoms. The highest BCUT2D eigenvalue weighted by Gasteiger charge is 2.23. The van der Waals surface area contributed by atoms with Crippen LogP contribution < -0.4 is 10.2 Å². The lowest BCUT2D eigenvalue weighted by molar-refractivity contribution is -0.885. The number of carbonyl (C=O) groups is 1. The van der Waals surface area contributed by atoms with Crippen molar-refractivity contribution < 1.29 is 9.69 Å². The Bertz CT molecular complexity index is 786. The highest BCUT2D eigenvalue weighted by molar-refractivity contribution is 7.16. The van der Waals surface area contributed by atoms with E-state index in [1.807, 2.05) is 7.05 Å².